The maximum atomic E-state index is 15.0. The molecule has 0 unspecified atom stereocenters. The fourth-order valence-corrected chi connectivity index (χ4v) is 11.5. The molecule has 0 aliphatic heterocycles. The van der Waals surface area contributed by atoms with Crippen LogP contribution in [0.5, 0.6) is 0 Å². The molecule has 2 aromatic heterocycles. The molecule has 0 N–H and O–H groups in total. The summed E-state index contributed by atoms with van der Waals surface area (Å²) in [4.78, 5) is 0. The standard InChI is InChI=1S/C54H37N2OP/c57-58(44-19-6-2-7-20-44,45-21-8-3-9-22-45)46-31-27-38(28-32-46)41-29-33-49-47-23-10-12-25-51(47)56(54(49)37-41)43-18-14-15-39(35-43)40-30-34-53-50(36-40)48-24-11-13-26-52(48)55(53)42-16-4-1-5-17-42/h1-37H. The van der Waals surface area contributed by atoms with Crippen molar-refractivity contribution in [3.63, 3.8) is 0 Å². The second-order valence-corrected chi connectivity index (χ2v) is 17.6. The number of hydrogen-bond acceptors (Lipinski definition) is 1. The molecular formula is C54H37N2OP. The molecule has 4 heteroatoms. The van der Waals surface area contributed by atoms with Gasteiger partial charge < -0.3 is 13.7 Å². The van der Waals surface area contributed by atoms with Gasteiger partial charge in [-0.25, -0.2) is 0 Å². The van der Waals surface area contributed by atoms with E-state index in [1.165, 1.54) is 38.1 Å². The fraction of sp³-hybridized carbons (Fsp3) is 0. The smallest absolute Gasteiger partial charge is 0.171 e. The highest BCUT2D eigenvalue weighted by atomic mass is 31.2. The molecule has 0 saturated heterocycles. The van der Waals surface area contributed by atoms with E-state index in [0.29, 0.717) is 0 Å². The molecule has 0 bridgehead atoms. The summed E-state index contributed by atoms with van der Waals surface area (Å²) in [5.41, 5.74) is 11.5. The highest BCUT2D eigenvalue weighted by Gasteiger charge is 2.29. The first-order chi connectivity index (χ1) is 28.6. The average molecular weight is 761 g/mol. The Hall–Kier alpha value is -7.19. The van der Waals surface area contributed by atoms with Crippen LogP contribution in [0.25, 0.3) is 77.2 Å². The summed E-state index contributed by atoms with van der Waals surface area (Å²) < 4.78 is 19.8. The lowest BCUT2D eigenvalue weighted by molar-refractivity contribution is 0.592. The lowest BCUT2D eigenvalue weighted by atomic mass is 10.0. The molecule has 58 heavy (non-hydrogen) atoms. The molecule has 11 aromatic rings. The third-order valence-corrected chi connectivity index (χ3v) is 14.7. The van der Waals surface area contributed by atoms with Crippen molar-refractivity contribution >= 4 is 66.7 Å². The first kappa shape index (κ1) is 34.1. The molecule has 9 aromatic carbocycles. The molecule has 0 radical (unpaired) electrons. The molecule has 0 saturated carbocycles. The third kappa shape index (κ3) is 5.47. The van der Waals surface area contributed by atoms with Crippen molar-refractivity contribution in [3.05, 3.63) is 224 Å². The Kier molecular flexibility index (Phi) is 8.10. The minimum atomic E-state index is -3.07. The molecule has 0 fully saturated rings. The number of hydrogen-bond donors (Lipinski definition) is 0. The van der Waals surface area contributed by atoms with Crippen LogP contribution in [-0.2, 0) is 4.57 Å². The van der Waals surface area contributed by atoms with Crippen LogP contribution in [0.4, 0.5) is 0 Å². The molecule has 0 amide bonds. The molecule has 0 atom stereocenters. The number of nitrogens with zero attached hydrogens (tertiary/aromatic N) is 2. The van der Waals surface area contributed by atoms with E-state index < -0.39 is 7.14 Å². The Bertz CT molecular complexity index is 3300. The maximum absolute atomic E-state index is 15.0. The van der Waals surface area contributed by atoms with E-state index in [4.69, 9.17) is 0 Å². The van der Waals surface area contributed by atoms with Crippen LogP contribution in [0.15, 0.2) is 224 Å². The molecule has 0 aliphatic rings. The molecule has 0 spiro atoms. The Morgan fingerprint density at radius 3 is 1.40 bits per heavy atom. The van der Waals surface area contributed by atoms with Gasteiger partial charge in [0.25, 0.3) is 0 Å². The Morgan fingerprint density at radius 1 is 0.276 bits per heavy atom. The first-order valence-corrected chi connectivity index (χ1v) is 21.4. The summed E-state index contributed by atoms with van der Waals surface area (Å²) >= 11 is 0. The Labute approximate surface area is 337 Å². The van der Waals surface area contributed by atoms with Gasteiger partial charge in [0.15, 0.2) is 7.14 Å². The van der Waals surface area contributed by atoms with Gasteiger partial charge in [-0.15, -0.1) is 0 Å². The number of fused-ring (bicyclic) bond motifs is 6. The van der Waals surface area contributed by atoms with Crippen molar-refractivity contribution in [2.24, 2.45) is 0 Å². The van der Waals surface area contributed by atoms with Crippen LogP contribution in [0, 0.1) is 0 Å². The summed E-state index contributed by atoms with van der Waals surface area (Å²) in [7, 11) is -3.07. The van der Waals surface area contributed by atoms with Crippen molar-refractivity contribution in [1.82, 2.24) is 9.13 Å². The summed E-state index contributed by atoms with van der Waals surface area (Å²) in [5, 5.41) is 7.38. The molecular weight excluding hydrogens is 724 g/mol. The molecule has 3 nitrogen and oxygen atoms in total. The van der Waals surface area contributed by atoms with E-state index in [9.17, 15) is 0 Å². The molecule has 11 rings (SSSR count). The lowest BCUT2D eigenvalue weighted by Gasteiger charge is -2.20. The topological polar surface area (TPSA) is 26.9 Å². The monoisotopic (exact) mass is 760 g/mol. The number of para-hydroxylation sites is 3. The zero-order chi connectivity index (χ0) is 38.6. The third-order valence-electron chi connectivity index (χ3n) is 11.6. The second-order valence-electron chi connectivity index (χ2n) is 14.9. The van der Waals surface area contributed by atoms with E-state index in [0.717, 1.165) is 55.0 Å². The van der Waals surface area contributed by atoms with Crippen LogP contribution in [-0.4, -0.2) is 9.13 Å². The van der Waals surface area contributed by atoms with Crippen LogP contribution >= 0.6 is 7.14 Å². The van der Waals surface area contributed by atoms with Gasteiger partial charge in [0.2, 0.25) is 0 Å². The van der Waals surface area contributed by atoms with E-state index in [1.54, 1.807) is 0 Å². The van der Waals surface area contributed by atoms with Gasteiger partial charge in [-0.3, -0.25) is 0 Å². The first-order valence-electron chi connectivity index (χ1n) is 19.7. The van der Waals surface area contributed by atoms with Gasteiger partial charge in [0.05, 0.1) is 22.1 Å². The van der Waals surface area contributed by atoms with Gasteiger partial charge in [-0.1, -0.05) is 170 Å². The minimum Gasteiger partial charge on any atom is -0.309 e. The molecule has 0 aliphatic carbocycles. The van der Waals surface area contributed by atoms with Gasteiger partial charge in [-0.05, 0) is 76.9 Å². The predicted molar refractivity (Wildman–Crippen MR) is 245 cm³/mol. The average Bonchev–Trinajstić information content (AvgIpc) is 3.82. The van der Waals surface area contributed by atoms with Crippen LogP contribution in [0.2, 0.25) is 0 Å². The zero-order valence-corrected chi connectivity index (χ0v) is 32.5. The van der Waals surface area contributed by atoms with Crippen molar-refractivity contribution in [2.45, 2.75) is 0 Å². The van der Waals surface area contributed by atoms with Gasteiger partial charge >= 0.3 is 0 Å². The van der Waals surface area contributed by atoms with E-state index in [-0.39, 0.29) is 0 Å². The van der Waals surface area contributed by atoms with Crippen molar-refractivity contribution in [2.75, 3.05) is 0 Å². The van der Waals surface area contributed by atoms with E-state index in [1.807, 2.05) is 72.8 Å². The van der Waals surface area contributed by atoms with Crippen LogP contribution in [0.1, 0.15) is 0 Å². The van der Waals surface area contributed by atoms with Crippen LogP contribution < -0.4 is 15.9 Å². The largest absolute Gasteiger partial charge is 0.309 e. The number of aromatic nitrogens is 2. The normalized spacial score (nSPS) is 11.9. The summed E-state index contributed by atoms with van der Waals surface area (Å²) in [6, 6.07) is 78.5. The van der Waals surface area contributed by atoms with E-state index >= 15 is 4.57 Å². The van der Waals surface area contributed by atoms with Crippen molar-refractivity contribution in [1.29, 1.82) is 0 Å². The Morgan fingerprint density at radius 2 is 0.724 bits per heavy atom. The minimum absolute atomic E-state index is 0.823. The maximum Gasteiger partial charge on any atom is 0.171 e. The number of rotatable bonds is 7. The van der Waals surface area contributed by atoms with Gasteiger partial charge in [-0.2, -0.15) is 0 Å². The highest BCUT2D eigenvalue weighted by Crippen LogP contribution is 2.43. The fourth-order valence-electron chi connectivity index (χ4n) is 8.85. The van der Waals surface area contributed by atoms with Crippen molar-refractivity contribution < 1.29 is 4.57 Å². The molecule has 274 valence electrons. The molecule has 2 heterocycles. The second kappa shape index (κ2) is 13.8. The van der Waals surface area contributed by atoms with Gasteiger partial charge in [0, 0.05) is 48.8 Å². The summed E-state index contributed by atoms with van der Waals surface area (Å²) in [6.07, 6.45) is 0. The van der Waals surface area contributed by atoms with Gasteiger partial charge in [0.1, 0.15) is 0 Å². The quantitative estimate of drug-likeness (QED) is 0.149. The number of benzene rings is 9. The van der Waals surface area contributed by atoms with Crippen LogP contribution in [0.3, 0.4) is 0 Å². The predicted octanol–water partition coefficient (Wildman–Crippen LogP) is 12.9. The summed E-state index contributed by atoms with van der Waals surface area (Å²) in [5.74, 6) is 0. The Balaban J connectivity index is 1.02. The van der Waals surface area contributed by atoms with E-state index in [2.05, 4.69) is 161 Å². The van der Waals surface area contributed by atoms with Crippen molar-refractivity contribution in [3.8, 4) is 33.6 Å². The summed E-state index contributed by atoms with van der Waals surface area (Å²) in [6.45, 7) is 0. The highest BCUT2D eigenvalue weighted by molar-refractivity contribution is 7.85. The zero-order valence-electron chi connectivity index (χ0n) is 31.6. The SMILES string of the molecule is O=P(c1ccccc1)(c1ccccc1)c1ccc(-c2ccc3c4ccccc4n(-c4cccc(-c5ccc6c(c5)c5ccccc5n6-c5ccccc5)c4)c3c2)cc1. The lowest BCUT2D eigenvalue weighted by Crippen LogP contribution is -2.24.